The van der Waals surface area contributed by atoms with Gasteiger partial charge in [-0.25, -0.2) is 9.97 Å². The van der Waals surface area contributed by atoms with Crippen LogP contribution in [0.2, 0.25) is 0 Å². The van der Waals surface area contributed by atoms with Crippen LogP contribution in [-0.2, 0) is 4.79 Å². The summed E-state index contributed by atoms with van der Waals surface area (Å²) in [4.78, 5) is 27.9. The number of amides is 1. The van der Waals surface area contributed by atoms with Crippen molar-refractivity contribution in [3.8, 4) is 22.9 Å². The summed E-state index contributed by atoms with van der Waals surface area (Å²) in [5.41, 5.74) is 2.46. The fourth-order valence-electron chi connectivity index (χ4n) is 3.69. The number of piperazine rings is 1. The van der Waals surface area contributed by atoms with E-state index in [0.29, 0.717) is 12.3 Å². The number of hydrogen-bond donors (Lipinski definition) is 1. The van der Waals surface area contributed by atoms with Gasteiger partial charge in [0.05, 0.1) is 11.6 Å². The molecule has 172 valence electrons. The SMILES string of the molecule is C.CC(=O)N1CCN(CCOc2cc(OC(C)C)cc(-c3nc4ncccc4[nH]3)c2)CC1. The van der Waals surface area contributed by atoms with Gasteiger partial charge in [0.2, 0.25) is 5.91 Å². The number of H-pyrrole nitrogens is 1. The molecule has 32 heavy (non-hydrogen) atoms. The lowest BCUT2D eigenvalue weighted by Gasteiger charge is -2.34. The molecule has 0 spiro atoms. The van der Waals surface area contributed by atoms with Crippen molar-refractivity contribution in [1.82, 2.24) is 24.8 Å². The highest BCUT2D eigenvalue weighted by atomic mass is 16.5. The van der Waals surface area contributed by atoms with Crippen molar-refractivity contribution in [3.63, 3.8) is 0 Å². The predicted octanol–water partition coefficient (Wildman–Crippen LogP) is 3.59. The van der Waals surface area contributed by atoms with Crippen molar-refractivity contribution in [3.05, 3.63) is 36.5 Å². The Hall–Kier alpha value is -3.13. The van der Waals surface area contributed by atoms with Gasteiger partial charge in [0.1, 0.15) is 23.9 Å². The van der Waals surface area contributed by atoms with Crippen molar-refractivity contribution in [2.45, 2.75) is 34.3 Å². The van der Waals surface area contributed by atoms with Crippen LogP contribution in [0.3, 0.4) is 0 Å². The number of aromatic amines is 1. The number of carbonyl (C=O) groups is 1. The molecule has 0 aliphatic carbocycles. The second kappa shape index (κ2) is 10.5. The minimum Gasteiger partial charge on any atom is -0.492 e. The molecule has 0 bridgehead atoms. The molecule has 2 aromatic heterocycles. The lowest BCUT2D eigenvalue weighted by atomic mass is 10.2. The van der Waals surface area contributed by atoms with Gasteiger partial charge in [-0.2, -0.15) is 0 Å². The molecule has 1 aromatic carbocycles. The first-order chi connectivity index (χ1) is 15.0. The van der Waals surface area contributed by atoms with Crippen LogP contribution in [0.25, 0.3) is 22.6 Å². The molecular formula is C24H33N5O3. The van der Waals surface area contributed by atoms with Crippen molar-refractivity contribution in [2.75, 3.05) is 39.3 Å². The molecule has 1 aliphatic heterocycles. The third kappa shape index (κ3) is 5.76. The quantitative estimate of drug-likeness (QED) is 0.606. The van der Waals surface area contributed by atoms with Crippen molar-refractivity contribution in [1.29, 1.82) is 0 Å². The van der Waals surface area contributed by atoms with Gasteiger partial charge in [-0.1, -0.05) is 7.43 Å². The smallest absolute Gasteiger partial charge is 0.219 e. The second-order valence-corrected chi connectivity index (χ2v) is 8.02. The van der Waals surface area contributed by atoms with Crippen molar-refractivity contribution < 1.29 is 14.3 Å². The number of nitrogens with one attached hydrogen (secondary N) is 1. The number of fused-ring (bicyclic) bond motifs is 1. The molecule has 0 atom stereocenters. The Morgan fingerprint density at radius 2 is 1.91 bits per heavy atom. The summed E-state index contributed by atoms with van der Waals surface area (Å²) in [7, 11) is 0. The van der Waals surface area contributed by atoms with E-state index in [1.807, 2.05) is 49.1 Å². The van der Waals surface area contributed by atoms with Gasteiger partial charge in [-0.3, -0.25) is 9.69 Å². The van der Waals surface area contributed by atoms with Crippen molar-refractivity contribution in [2.24, 2.45) is 0 Å². The first-order valence-corrected chi connectivity index (χ1v) is 10.7. The van der Waals surface area contributed by atoms with Gasteiger partial charge in [0.25, 0.3) is 0 Å². The molecule has 0 saturated carbocycles. The predicted molar refractivity (Wildman–Crippen MR) is 126 cm³/mol. The fraction of sp³-hybridized carbons (Fsp3) is 0.458. The van der Waals surface area contributed by atoms with E-state index in [1.165, 1.54) is 0 Å². The van der Waals surface area contributed by atoms with E-state index in [-0.39, 0.29) is 19.4 Å². The first-order valence-electron chi connectivity index (χ1n) is 10.7. The number of aromatic nitrogens is 3. The number of benzene rings is 1. The van der Waals surface area contributed by atoms with Crippen LogP contribution >= 0.6 is 0 Å². The molecule has 1 amide bonds. The number of ether oxygens (including phenoxy) is 2. The van der Waals surface area contributed by atoms with Gasteiger partial charge >= 0.3 is 0 Å². The Morgan fingerprint density at radius 1 is 1.16 bits per heavy atom. The largest absolute Gasteiger partial charge is 0.492 e. The number of rotatable bonds is 7. The van der Waals surface area contributed by atoms with Crippen LogP contribution < -0.4 is 9.47 Å². The van der Waals surface area contributed by atoms with Crippen LogP contribution in [-0.4, -0.2) is 76.1 Å². The van der Waals surface area contributed by atoms with Crippen LogP contribution in [0.4, 0.5) is 0 Å². The third-order valence-electron chi connectivity index (χ3n) is 5.28. The fourth-order valence-corrected chi connectivity index (χ4v) is 3.69. The molecule has 0 radical (unpaired) electrons. The van der Waals surface area contributed by atoms with Gasteiger partial charge in [-0.05, 0) is 38.1 Å². The zero-order chi connectivity index (χ0) is 21.8. The van der Waals surface area contributed by atoms with E-state index in [2.05, 4.69) is 19.9 Å². The van der Waals surface area contributed by atoms with Crippen LogP contribution in [0.1, 0.15) is 28.2 Å². The number of imidazole rings is 1. The van der Waals surface area contributed by atoms with E-state index in [0.717, 1.165) is 61.1 Å². The lowest BCUT2D eigenvalue weighted by Crippen LogP contribution is -2.48. The van der Waals surface area contributed by atoms with Crippen LogP contribution in [0.15, 0.2) is 36.5 Å². The molecule has 1 N–H and O–H groups in total. The maximum atomic E-state index is 11.5. The standard InChI is InChI=1S/C23H29N5O3.CH4/c1-16(2)31-20-14-18(22-25-21-5-4-6-24-23(21)26-22)13-19(15-20)30-12-11-27-7-9-28(10-8-27)17(3)29;/h4-6,13-16H,7-12H2,1-3H3,(H,24,25,26);1H4. The normalized spacial score (nSPS) is 14.4. The number of nitrogens with zero attached hydrogens (tertiary/aromatic N) is 4. The average molecular weight is 440 g/mol. The third-order valence-corrected chi connectivity index (χ3v) is 5.28. The Kier molecular flexibility index (Phi) is 7.69. The summed E-state index contributed by atoms with van der Waals surface area (Å²) in [6.07, 6.45) is 1.79. The van der Waals surface area contributed by atoms with Gasteiger partial charge in [0, 0.05) is 57.5 Å². The molecule has 1 aliphatic rings. The Morgan fingerprint density at radius 3 is 2.59 bits per heavy atom. The van der Waals surface area contributed by atoms with E-state index < -0.39 is 0 Å². The molecule has 3 aromatic rings. The van der Waals surface area contributed by atoms with Crippen molar-refractivity contribution >= 4 is 17.1 Å². The second-order valence-electron chi connectivity index (χ2n) is 8.02. The molecule has 1 saturated heterocycles. The molecule has 4 rings (SSSR count). The molecule has 8 nitrogen and oxygen atoms in total. The molecule has 0 unspecified atom stereocenters. The average Bonchev–Trinajstić information content (AvgIpc) is 3.18. The van der Waals surface area contributed by atoms with E-state index in [4.69, 9.17) is 9.47 Å². The van der Waals surface area contributed by atoms with E-state index >= 15 is 0 Å². The topological polar surface area (TPSA) is 83.6 Å². The Bertz CT molecular complexity index is 1010. The minimum atomic E-state index is 0. The number of carbonyl (C=O) groups excluding carboxylic acids is 1. The number of pyridine rings is 1. The highest BCUT2D eigenvalue weighted by molar-refractivity contribution is 5.76. The molecule has 3 heterocycles. The Balaban J connectivity index is 0.00000289. The maximum absolute atomic E-state index is 11.5. The first kappa shape index (κ1) is 23.5. The minimum absolute atomic E-state index is 0. The zero-order valence-corrected chi connectivity index (χ0v) is 18.3. The number of hydrogen-bond acceptors (Lipinski definition) is 6. The van der Waals surface area contributed by atoms with E-state index in [9.17, 15) is 4.79 Å². The van der Waals surface area contributed by atoms with E-state index in [1.54, 1.807) is 13.1 Å². The monoisotopic (exact) mass is 439 g/mol. The zero-order valence-electron chi connectivity index (χ0n) is 18.3. The summed E-state index contributed by atoms with van der Waals surface area (Å²) in [5.74, 6) is 2.36. The summed E-state index contributed by atoms with van der Waals surface area (Å²) in [6.45, 7) is 10.3. The lowest BCUT2D eigenvalue weighted by molar-refractivity contribution is -0.130. The summed E-state index contributed by atoms with van der Waals surface area (Å²) < 4.78 is 12.0. The highest BCUT2D eigenvalue weighted by Crippen LogP contribution is 2.30. The molecule has 8 heteroatoms. The van der Waals surface area contributed by atoms with Gasteiger partial charge in [-0.15, -0.1) is 0 Å². The summed E-state index contributed by atoms with van der Waals surface area (Å²) in [6, 6.07) is 9.69. The summed E-state index contributed by atoms with van der Waals surface area (Å²) >= 11 is 0. The summed E-state index contributed by atoms with van der Waals surface area (Å²) in [5, 5.41) is 0. The van der Waals surface area contributed by atoms with Crippen LogP contribution in [0, 0.1) is 0 Å². The van der Waals surface area contributed by atoms with Gasteiger partial charge in [0.15, 0.2) is 5.65 Å². The van der Waals surface area contributed by atoms with Crippen LogP contribution in [0.5, 0.6) is 11.5 Å². The molecule has 1 fully saturated rings. The van der Waals surface area contributed by atoms with Gasteiger partial charge < -0.3 is 19.4 Å². The molecular weight excluding hydrogens is 406 g/mol. The Labute approximate surface area is 189 Å². The maximum Gasteiger partial charge on any atom is 0.219 e. The highest BCUT2D eigenvalue weighted by Gasteiger charge is 2.18.